The minimum absolute atomic E-state index is 0. The first-order valence-corrected chi connectivity index (χ1v) is 12.0. The molecule has 0 radical (unpaired) electrons. The van der Waals surface area contributed by atoms with Crippen LogP contribution in [-0.4, -0.2) is 6.61 Å². The molecule has 0 fully saturated rings. The minimum atomic E-state index is -0.132. The summed E-state index contributed by atoms with van der Waals surface area (Å²) in [6, 6.07) is 43.3. The van der Waals surface area contributed by atoms with E-state index in [1.54, 1.807) is 0 Å². The SMILES string of the molecule is [Li+].[Li+].[O-]CCCCC(CC[C-](c1ccccc1)c1ccccc1)(c1ccccc1)c1ccccc1. The molecule has 0 aliphatic carbocycles. The molecule has 0 aliphatic heterocycles. The zero-order chi connectivity index (χ0) is 22.8. The molecule has 0 heterocycles. The molecule has 3 heteroatoms. The predicted molar refractivity (Wildman–Crippen MR) is 136 cm³/mol. The van der Waals surface area contributed by atoms with Gasteiger partial charge in [0.25, 0.3) is 0 Å². The van der Waals surface area contributed by atoms with Gasteiger partial charge in [-0.25, -0.2) is 0 Å². The standard InChI is InChI=1S/C32H32O.2Li/c33-26-14-13-24-32(29-19-9-3-10-20-29,30-21-11-4-12-22-30)25-23-31(27-15-5-1-6-16-27)28-17-7-2-8-18-28;;/h1-12,15-22H,13-14,23-26H2;;/q-2;2*+1. The van der Waals surface area contributed by atoms with Gasteiger partial charge in [-0.15, -0.1) is 47.9 Å². The summed E-state index contributed by atoms with van der Waals surface area (Å²) in [7, 11) is 0. The summed E-state index contributed by atoms with van der Waals surface area (Å²) in [6.45, 7) is -0.00886. The fraction of sp³-hybridized carbons (Fsp3) is 0.219. The number of benzene rings is 4. The Kier molecular flexibility index (Phi) is 12.6. The van der Waals surface area contributed by atoms with Crippen LogP contribution < -0.4 is 42.8 Å². The van der Waals surface area contributed by atoms with Crippen molar-refractivity contribution in [3.63, 3.8) is 0 Å². The van der Waals surface area contributed by atoms with Crippen LogP contribution in [0.2, 0.25) is 0 Å². The average Bonchev–Trinajstić information content (AvgIpc) is 2.90. The molecule has 0 aliphatic rings. The monoisotopic (exact) mass is 446 g/mol. The number of hydrogen-bond donors (Lipinski definition) is 0. The van der Waals surface area contributed by atoms with Gasteiger partial charge in [0.15, 0.2) is 0 Å². The van der Waals surface area contributed by atoms with E-state index in [0.29, 0.717) is 0 Å². The van der Waals surface area contributed by atoms with Crippen LogP contribution in [0, 0.1) is 5.92 Å². The van der Waals surface area contributed by atoms with Gasteiger partial charge in [-0.1, -0.05) is 116 Å². The zero-order valence-corrected chi connectivity index (χ0v) is 21.2. The molecule has 0 saturated carbocycles. The van der Waals surface area contributed by atoms with E-state index in [9.17, 15) is 5.11 Å². The summed E-state index contributed by atoms with van der Waals surface area (Å²) in [5, 5.41) is 11.3. The second kappa shape index (κ2) is 15.1. The zero-order valence-electron chi connectivity index (χ0n) is 21.2. The van der Waals surface area contributed by atoms with E-state index < -0.39 is 0 Å². The first kappa shape index (κ1) is 29.1. The third-order valence-electron chi connectivity index (χ3n) is 6.70. The predicted octanol–water partition coefficient (Wildman–Crippen LogP) is 0.963. The van der Waals surface area contributed by atoms with Crippen molar-refractivity contribution in [1.29, 1.82) is 0 Å². The second-order valence-corrected chi connectivity index (χ2v) is 8.69. The van der Waals surface area contributed by atoms with Crippen molar-refractivity contribution in [2.24, 2.45) is 0 Å². The van der Waals surface area contributed by atoms with Crippen LogP contribution >= 0.6 is 0 Å². The molecule has 0 bridgehead atoms. The normalized spacial score (nSPS) is 10.7. The van der Waals surface area contributed by atoms with Crippen LogP contribution in [0.15, 0.2) is 121 Å². The van der Waals surface area contributed by atoms with Crippen molar-refractivity contribution in [1.82, 2.24) is 0 Å². The van der Waals surface area contributed by atoms with Crippen LogP contribution in [0.25, 0.3) is 0 Å². The van der Waals surface area contributed by atoms with Gasteiger partial charge in [0.05, 0.1) is 0 Å². The van der Waals surface area contributed by atoms with Crippen LogP contribution in [0.4, 0.5) is 0 Å². The van der Waals surface area contributed by atoms with Gasteiger partial charge in [-0.3, -0.25) is 0 Å². The van der Waals surface area contributed by atoms with Crippen molar-refractivity contribution in [3.05, 3.63) is 149 Å². The molecule has 0 atom stereocenters. The van der Waals surface area contributed by atoms with E-state index in [1.807, 2.05) is 0 Å². The molecule has 0 amide bonds. The van der Waals surface area contributed by atoms with Crippen LogP contribution in [0.5, 0.6) is 0 Å². The van der Waals surface area contributed by atoms with Gasteiger partial charge in [-0.05, 0) is 24.0 Å². The van der Waals surface area contributed by atoms with E-state index >= 15 is 0 Å². The summed E-state index contributed by atoms with van der Waals surface area (Å²) in [5.41, 5.74) is 5.09. The first-order chi connectivity index (χ1) is 16.3. The Morgan fingerprint density at radius 1 is 0.514 bits per heavy atom. The molecule has 4 aromatic carbocycles. The van der Waals surface area contributed by atoms with E-state index in [4.69, 9.17) is 0 Å². The van der Waals surface area contributed by atoms with Crippen molar-refractivity contribution in [3.8, 4) is 0 Å². The maximum Gasteiger partial charge on any atom is 1.00 e. The van der Waals surface area contributed by atoms with Crippen LogP contribution in [0.1, 0.15) is 54.4 Å². The maximum absolute atomic E-state index is 11.3. The Labute approximate surface area is 235 Å². The van der Waals surface area contributed by atoms with Crippen molar-refractivity contribution < 1.29 is 42.8 Å². The van der Waals surface area contributed by atoms with Crippen molar-refractivity contribution in [2.75, 3.05) is 6.61 Å². The van der Waals surface area contributed by atoms with E-state index in [-0.39, 0.29) is 49.7 Å². The Balaban J connectivity index is 0.00000216. The molecule has 168 valence electrons. The van der Waals surface area contributed by atoms with Gasteiger partial charge < -0.3 is 5.11 Å². The summed E-state index contributed by atoms with van der Waals surface area (Å²) in [5.74, 6) is 1.37. The third-order valence-corrected chi connectivity index (χ3v) is 6.70. The van der Waals surface area contributed by atoms with Gasteiger partial charge in [0, 0.05) is 5.41 Å². The Morgan fingerprint density at radius 2 is 0.914 bits per heavy atom. The Bertz CT molecular complexity index is 991. The topological polar surface area (TPSA) is 23.1 Å². The van der Waals surface area contributed by atoms with Crippen molar-refractivity contribution in [2.45, 2.75) is 37.5 Å². The van der Waals surface area contributed by atoms with Crippen LogP contribution in [-0.2, 0) is 5.41 Å². The molecule has 0 N–H and O–H groups in total. The fourth-order valence-corrected chi connectivity index (χ4v) is 4.98. The summed E-state index contributed by atoms with van der Waals surface area (Å²) >= 11 is 0. The average molecular weight is 446 g/mol. The number of rotatable bonds is 11. The van der Waals surface area contributed by atoms with Gasteiger partial charge in [0.2, 0.25) is 0 Å². The number of unbranched alkanes of at least 4 members (excludes halogenated alkanes) is 1. The molecule has 0 aromatic heterocycles. The smallest absolute Gasteiger partial charge is 0.854 e. The molecule has 0 saturated heterocycles. The molecule has 4 rings (SSSR count). The molecule has 4 aromatic rings. The quantitative estimate of drug-likeness (QED) is 0.191. The van der Waals surface area contributed by atoms with Gasteiger partial charge in [0.1, 0.15) is 0 Å². The van der Waals surface area contributed by atoms with E-state index in [2.05, 4.69) is 121 Å². The second-order valence-electron chi connectivity index (χ2n) is 8.69. The van der Waals surface area contributed by atoms with Gasteiger partial charge >= 0.3 is 37.7 Å². The largest absolute Gasteiger partial charge is 1.00 e. The van der Waals surface area contributed by atoms with Gasteiger partial charge in [-0.2, -0.15) is 0 Å². The number of hydrogen-bond acceptors (Lipinski definition) is 1. The Morgan fingerprint density at radius 3 is 1.31 bits per heavy atom. The molecule has 0 spiro atoms. The van der Waals surface area contributed by atoms with E-state index in [0.717, 1.165) is 32.1 Å². The Hall–Kier alpha value is -2.10. The molecule has 0 unspecified atom stereocenters. The molecular formula is C32H32Li2O. The summed E-state index contributed by atoms with van der Waals surface area (Å²) in [6.07, 6.45) is 4.56. The molecule has 35 heavy (non-hydrogen) atoms. The molecule has 1 nitrogen and oxygen atoms in total. The molecular weight excluding hydrogens is 414 g/mol. The summed E-state index contributed by atoms with van der Waals surface area (Å²) in [4.78, 5) is 0. The summed E-state index contributed by atoms with van der Waals surface area (Å²) < 4.78 is 0. The third kappa shape index (κ3) is 7.45. The first-order valence-electron chi connectivity index (χ1n) is 12.0. The van der Waals surface area contributed by atoms with Crippen LogP contribution in [0.3, 0.4) is 0 Å². The maximum atomic E-state index is 11.3. The van der Waals surface area contributed by atoms with E-state index in [1.165, 1.54) is 28.2 Å². The minimum Gasteiger partial charge on any atom is -0.854 e. The fourth-order valence-electron chi connectivity index (χ4n) is 4.98. The van der Waals surface area contributed by atoms with Crippen molar-refractivity contribution >= 4 is 0 Å².